The van der Waals surface area contributed by atoms with Gasteiger partial charge in [0, 0.05) is 18.2 Å². The number of amides is 1. The minimum absolute atomic E-state index is 0.202. The highest BCUT2D eigenvalue weighted by atomic mass is 16.3. The number of furan rings is 1. The summed E-state index contributed by atoms with van der Waals surface area (Å²) in [5.74, 6) is 0.132. The van der Waals surface area contributed by atoms with Crippen LogP contribution in [0.4, 0.5) is 0 Å². The summed E-state index contributed by atoms with van der Waals surface area (Å²) in [6.07, 6.45) is 8.32. The zero-order chi connectivity index (χ0) is 12.3. The van der Waals surface area contributed by atoms with Gasteiger partial charge in [-0.25, -0.2) is 0 Å². The third-order valence-corrected chi connectivity index (χ3v) is 3.05. The number of hydrogen-bond acceptors (Lipinski definition) is 3. The van der Waals surface area contributed by atoms with Crippen molar-refractivity contribution in [2.24, 2.45) is 5.92 Å². The van der Waals surface area contributed by atoms with E-state index >= 15 is 0 Å². The Balaban J connectivity index is 1.77. The van der Waals surface area contributed by atoms with E-state index in [1.54, 1.807) is 31.6 Å². The Morgan fingerprint density at radius 1 is 1.71 bits per heavy atom. The predicted octanol–water partition coefficient (Wildman–Crippen LogP) is 1.57. The van der Waals surface area contributed by atoms with E-state index in [0.717, 1.165) is 18.4 Å². The van der Waals surface area contributed by atoms with Gasteiger partial charge < -0.3 is 14.8 Å². The predicted molar refractivity (Wildman–Crippen MR) is 64.1 cm³/mol. The molecule has 1 fully saturated rings. The lowest BCUT2D eigenvalue weighted by molar-refractivity contribution is -0.117. The molecule has 0 bridgehead atoms. The zero-order valence-electron chi connectivity index (χ0n) is 9.85. The van der Waals surface area contributed by atoms with Crippen LogP contribution in [0.15, 0.2) is 29.1 Å². The van der Waals surface area contributed by atoms with Crippen molar-refractivity contribution in [3.63, 3.8) is 0 Å². The van der Waals surface area contributed by atoms with Crippen molar-refractivity contribution < 1.29 is 14.3 Å². The molecule has 1 atom stereocenters. The molecule has 92 valence electrons. The summed E-state index contributed by atoms with van der Waals surface area (Å²) < 4.78 is 4.88. The fraction of sp³-hybridized carbons (Fsp3) is 0.462. The lowest BCUT2D eigenvalue weighted by Gasteiger charge is -2.22. The Morgan fingerprint density at radius 2 is 2.47 bits per heavy atom. The van der Waals surface area contributed by atoms with Crippen molar-refractivity contribution in [1.29, 1.82) is 0 Å². The highest BCUT2D eigenvalue weighted by molar-refractivity contribution is 5.91. The van der Waals surface area contributed by atoms with Gasteiger partial charge in [0.05, 0.1) is 18.1 Å². The summed E-state index contributed by atoms with van der Waals surface area (Å²) in [4.78, 5) is 11.5. The molecule has 1 aliphatic carbocycles. The van der Waals surface area contributed by atoms with E-state index in [1.807, 2.05) is 0 Å². The van der Waals surface area contributed by atoms with Gasteiger partial charge in [0.1, 0.15) is 0 Å². The zero-order valence-corrected chi connectivity index (χ0v) is 9.85. The Labute approximate surface area is 100 Å². The normalized spacial score (nSPS) is 19.2. The maximum Gasteiger partial charge on any atom is 0.244 e. The molecular weight excluding hydrogens is 218 g/mol. The van der Waals surface area contributed by atoms with Crippen molar-refractivity contribution in [2.75, 3.05) is 6.54 Å². The molecular formula is C13H17NO3. The first-order valence-corrected chi connectivity index (χ1v) is 5.78. The molecule has 1 aromatic heterocycles. The van der Waals surface area contributed by atoms with Crippen molar-refractivity contribution in [2.45, 2.75) is 25.4 Å². The van der Waals surface area contributed by atoms with Crippen molar-refractivity contribution >= 4 is 12.0 Å². The highest BCUT2D eigenvalue weighted by Crippen LogP contribution is 2.38. The maximum atomic E-state index is 11.5. The Bertz CT molecular complexity index is 402. The molecule has 0 spiro atoms. The number of nitrogens with one attached hydrogen (secondary N) is 1. The lowest BCUT2D eigenvalue weighted by atomic mass is 10.0. The van der Waals surface area contributed by atoms with Crippen LogP contribution in [0.1, 0.15) is 25.3 Å². The SMILES string of the molecule is C[C@](O)(CNC(=O)/C=C/c1ccoc1)C1CC1. The fourth-order valence-electron chi connectivity index (χ4n) is 1.72. The van der Waals surface area contributed by atoms with Crippen LogP contribution in [0.3, 0.4) is 0 Å². The van der Waals surface area contributed by atoms with Crippen LogP contribution in [0.25, 0.3) is 6.08 Å². The van der Waals surface area contributed by atoms with E-state index in [2.05, 4.69) is 5.32 Å². The molecule has 1 aromatic rings. The molecule has 0 unspecified atom stereocenters. The molecule has 4 nitrogen and oxygen atoms in total. The minimum Gasteiger partial charge on any atom is -0.472 e. The van der Waals surface area contributed by atoms with Crippen LogP contribution in [0.5, 0.6) is 0 Å². The summed E-state index contributed by atoms with van der Waals surface area (Å²) in [7, 11) is 0. The third kappa shape index (κ3) is 3.46. The van der Waals surface area contributed by atoms with Gasteiger partial charge in [-0.15, -0.1) is 0 Å². The topological polar surface area (TPSA) is 62.5 Å². The standard InChI is InChI=1S/C13H17NO3/c1-13(16,11-3-4-11)9-14-12(15)5-2-10-6-7-17-8-10/h2,5-8,11,16H,3-4,9H2,1H3,(H,14,15)/b5-2+/t13-/m0/s1. The van der Waals surface area contributed by atoms with E-state index < -0.39 is 5.60 Å². The van der Waals surface area contributed by atoms with Crippen LogP contribution in [-0.2, 0) is 4.79 Å². The van der Waals surface area contributed by atoms with Crippen molar-refractivity contribution in [3.05, 3.63) is 30.2 Å². The molecule has 1 saturated carbocycles. The molecule has 1 heterocycles. The molecule has 0 aliphatic heterocycles. The number of carbonyl (C=O) groups excluding carboxylic acids is 1. The molecule has 2 rings (SSSR count). The Kier molecular flexibility index (Phi) is 3.33. The van der Waals surface area contributed by atoms with Gasteiger partial charge in [-0.2, -0.15) is 0 Å². The van der Waals surface area contributed by atoms with Gasteiger partial charge in [-0.05, 0) is 37.8 Å². The van der Waals surface area contributed by atoms with Crippen molar-refractivity contribution in [1.82, 2.24) is 5.32 Å². The second-order valence-corrected chi connectivity index (χ2v) is 4.74. The molecule has 0 aromatic carbocycles. The Morgan fingerprint density at radius 3 is 3.06 bits per heavy atom. The number of rotatable bonds is 5. The first-order valence-electron chi connectivity index (χ1n) is 5.78. The number of hydrogen-bond donors (Lipinski definition) is 2. The summed E-state index contributed by atoms with van der Waals surface area (Å²) in [5, 5.41) is 12.7. The van der Waals surface area contributed by atoms with Gasteiger partial charge >= 0.3 is 0 Å². The Hall–Kier alpha value is -1.55. The van der Waals surface area contributed by atoms with E-state index in [4.69, 9.17) is 4.42 Å². The van der Waals surface area contributed by atoms with Gasteiger partial charge in [-0.3, -0.25) is 4.79 Å². The molecule has 0 radical (unpaired) electrons. The number of aliphatic hydroxyl groups is 1. The van der Waals surface area contributed by atoms with Gasteiger partial charge in [0.25, 0.3) is 0 Å². The summed E-state index contributed by atoms with van der Waals surface area (Å²) >= 11 is 0. The third-order valence-electron chi connectivity index (χ3n) is 3.05. The molecule has 1 amide bonds. The van der Waals surface area contributed by atoms with Crippen LogP contribution in [0, 0.1) is 5.92 Å². The van der Waals surface area contributed by atoms with E-state index in [0.29, 0.717) is 12.5 Å². The van der Waals surface area contributed by atoms with E-state index in [9.17, 15) is 9.90 Å². The lowest BCUT2D eigenvalue weighted by Crippen LogP contribution is -2.41. The summed E-state index contributed by atoms with van der Waals surface area (Å²) in [6.45, 7) is 2.07. The maximum absolute atomic E-state index is 11.5. The van der Waals surface area contributed by atoms with E-state index in [-0.39, 0.29) is 5.91 Å². The smallest absolute Gasteiger partial charge is 0.244 e. The second-order valence-electron chi connectivity index (χ2n) is 4.74. The second kappa shape index (κ2) is 4.75. The summed E-state index contributed by atoms with van der Waals surface area (Å²) in [6, 6.07) is 1.77. The largest absolute Gasteiger partial charge is 0.472 e. The van der Waals surface area contributed by atoms with Gasteiger partial charge in [-0.1, -0.05) is 0 Å². The van der Waals surface area contributed by atoms with Crippen LogP contribution >= 0.6 is 0 Å². The molecule has 0 saturated heterocycles. The van der Waals surface area contributed by atoms with Crippen LogP contribution in [-0.4, -0.2) is 23.2 Å². The molecule has 17 heavy (non-hydrogen) atoms. The summed E-state index contributed by atoms with van der Waals surface area (Å²) in [5.41, 5.74) is 0.0631. The number of carbonyl (C=O) groups is 1. The van der Waals surface area contributed by atoms with E-state index in [1.165, 1.54) is 6.08 Å². The molecule has 1 aliphatic rings. The van der Waals surface area contributed by atoms with Gasteiger partial charge in [0.15, 0.2) is 0 Å². The van der Waals surface area contributed by atoms with Crippen molar-refractivity contribution in [3.8, 4) is 0 Å². The minimum atomic E-state index is -0.779. The highest BCUT2D eigenvalue weighted by Gasteiger charge is 2.39. The first kappa shape index (κ1) is 11.9. The quantitative estimate of drug-likeness (QED) is 0.761. The average molecular weight is 235 g/mol. The van der Waals surface area contributed by atoms with Crippen LogP contribution in [0.2, 0.25) is 0 Å². The van der Waals surface area contributed by atoms with Gasteiger partial charge in [0.2, 0.25) is 5.91 Å². The fourth-order valence-corrected chi connectivity index (χ4v) is 1.72. The van der Waals surface area contributed by atoms with Crippen LogP contribution < -0.4 is 5.32 Å². The average Bonchev–Trinajstić information content (AvgIpc) is 3.03. The first-order chi connectivity index (χ1) is 8.08. The molecule has 4 heteroatoms. The molecule has 2 N–H and O–H groups in total. The monoisotopic (exact) mass is 235 g/mol.